The monoisotopic (exact) mass is 290 g/mol. The van der Waals surface area contributed by atoms with Gasteiger partial charge in [-0.15, -0.1) is 0 Å². The molecular weight excluding hydrogens is 272 g/mol. The van der Waals surface area contributed by atoms with E-state index in [1.165, 1.54) is 7.11 Å². The van der Waals surface area contributed by atoms with Gasteiger partial charge in [-0.2, -0.15) is 20.5 Å². The lowest BCUT2D eigenvalue weighted by Gasteiger charge is -2.19. The van der Waals surface area contributed by atoms with Crippen LogP contribution in [0.3, 0.4) is 0 Å². The molecule has 1 heterocycles. The highest BCUT2D eigenvalue weighted by Crippen LogP contribution is 2.24. The predicted molar refractivity (Wildman–Crippen MR) is 77.0 cm³/mol. The van der Waals surface area contributed by atoms with Crippen LogP contribution in [0.1, 0.15) is 19.4 Å². The molecule has 0 unspecified atom stereocenters. The van der Waals surface area contributed by atoms with Gasteiger partial charge in [0.2, 0.25) is 11.8 Å². The number of nitrogens with zero attached hydrogens (tertiary/aromatic N) is 4. The zero-order valence-corrected chi connectivity index (χ0v) is 12.5. The minimum Gasteiger partial charge on any atom is -0.480 e. The van der Waals surface area contributed by atoms with Crippen molar-refractivity contribution in [3.63, 3.8) is 0 Å². The van der Waals surface area contributed by atoms with Crippen LogP contribution in [0.5, 0.6) is 5.88 Å². The highest BCUT2D eigenvalue weighted by Gasteiger charge is 2.21. The normalized spacial score (nSPS) is 10.4. The van der Waals surface area contributed by atoms with E-state index in [0.29, 0.717) is 19.0 Å². The first-order valence-electron chi connectivity index (χ1n) is 6.25. The molecule has 1 aromatic rings. The second kappa shape index (κ2) is 7.27. The Morgan fingerprint density at radius 2 is 1.95 bits per heavy atom. The van der Waals surface area contributed by atoms with Gasteiger partial charge in [-0.25, -0.2) is 0 Å². The molecule has 21 heavy (non-hydrogen) atoms. The lowest BCUT2D eigenvalue weighted by Crippen LogP contribution is -2.30. The van der Waals surface area contributed by atoms with Crippen molar-refractivity contribution >= 4 is 11.8 Å². The lowest BCUT2D eigenvalue weighted by molar-refractivity contribution is 0.210. The molecule has 0 amide bonds. The van der Waals surface area contributed by atoms with Crippen LogP contribution in [0.4, 0.5) is 11.8 Å². The number of hydrogen-bond donors (Lipinski definition) is 2. The second-order valence-corrected chi connectivity index (χ2v) is 4.67. The molecule has 8 nitrogen and oxygen atoms in total. The van der Waals surface area contributed by atoms with Gasteiger partial charge in [0, 0.05) is 13.7 Å². The van der Waals surface area contributed by atoms with Gasteiger partial charge in [0.15, 0.2) is 11.4 Å². The predicted octanol–water partition coefficient (Wildman–Crippen LogP) is 1.13. The molecule has 0 saturated heterocycles. The van der Waals surface area contributed by atoms with E-state index in [0.717, 1.165) is 0 Å². The van der Waals surface area contributed by atoms with Gasteiger partial charge in [-0.1, -0.05) is 0 Å². The van der Waals surface area contributed by atoms with Crippen molar-refractivity contribution in [2.75, 3.05) is 38.0 Å². The van der Waals surface area contributed by atoms with Crippen molar-refractivity contribution in [3.8, 4) is 18.0 Å². The average Bonchev–Trinajstić information content (AvgIpc) is 2.46. The van der Waals surface area contributed by atoms with Gasteiger partial charge in [0.05, 0.1) is 19.8 Å². The number of nitriles is 2. The molecule has 1 rings (SSSR count). The van der Waals surface area contributed by atoms with Crippen molar-refractivity contribution < 1.29 is 9.47 Å². The zero-order chi connectivity index (χ0) is 15.9. The summed E-state index contributed by atoms with van der Waals surface area (Å²) in [5.74, 6) is 0.679. The van der Waals surface area contributed by atoms with Gasteiger partial charge >= 0.3 is 0 Å². The standard InChI is InChI=1S/C13H18N6O2/c1-13(2,8-15)19-12-17-10(16-5-6-20-3)9(7-14)11(18-12)21-4/h5-6H2,1-4H3,(H2,16,17,18,19). The molecule has 0 aromatic carbocycles. The largest absolute Gasteiger partial charge is 0.480 e. The maximum Gasteiger partial charge on any atom is 0.238 e. The summed E-state index contributed by atoms with van der Waals surface area (Å²) < 4.78 is 10.0. The second-order valence-electron chi connectivity index (χ2n) is 4.67. The molecule has 0 saturated carbocycles. The van der Waals surface area contributed by atoms with Gasteiger partial charge in [-0.05, 0) is 13.8 Å². The smallest absolute Gasteiger partial charge is 0.238 e. The summed E-state index contributed by atoms with van der Waals surface area (Å²) >= 11 is 0. The van der Waals surface area contributed by atoms with Crippen LogP contribution >= 0.6 is 0 Å². The molecule has 0 aliphatic heterocycles. The Morgan fingerprint density at radius 1 is 1.24 bits per heavy atom. The molecule has 0 bridgehead atoms. The summed E-state index contributed by atoms with van der Waals surface area (Å²) in [5, 5.41) is 24.1. The maximum absolute atomic E-state index is 9.20. The summed E-state index contributed by atoms with van der Waals surface area (Å²) in [7, 11) is 3.00. The first kappa shape index (κ1) is 16.5. The van der Waals surface area contributed by atoms with E-state index in [1.54, 1.807) is 21.0 Å². The van der Waals surface area contributed by atoms with E-state index < -0.39 is 5.54 Å². The Morgan fingerprint density at radius 3 is 2.48 bits per heavy atom. The zero-order valence-electron chi connectivity index (χ0n) is 12.5. The van der Waals surface area contributed by atoms with Crippen LogP contribution in [0.2, 0.25) is 0 Å². The van der Waals surface area contributed by atoms with Gasteiger partial charge in [0.1, 0.15) is 11.6 Å². The van der Waals surface area contributed by atoms with Gasteiger partial charge in [0.25, 0.3) is 0 Å². The Hall–Kier alpha value is -2.58. The van der Waals surface area contributed by atoms with Crippen LogP contribution in [-0.4, -0.2) is 42.9 Å². The Labute approximate surface area is 123 Å². The average molecular weight is 290 g/mol. The summed E-state index contributed by atoms with van der Waals surface area (Å²) in [6.07, 6.45) is 0. The molecule has 1 aromatic heterocycles. The number of nitrogens with one attached hydrogen (secondary N) is 2. The van der Waals surface area contributed by atoms with E-state index in [-0.39, 0.29) is 17.4 Å². The molecule has 0 fully saturated rings. The molecule has 0 spiro atoms. The van der Waals surface area contributed by atoms with E-state index in [9.17, 15) is 5.26 Å². The van der Waals surface area contributed by atoms with Crippen LogP contribution in [0, 0.1) is 22.7 Å². The van der Waals surface area contributed by atoms with Crippen molar-refractivity contribution in [1.29, 1.82) is 10.5 Å². The number of methoxy groups -OCH3 is 2. The fourth-order valence-electron chi connectivity index (χ4n) is 1.45. The third-order valence-electron chi connectivity index (χ3n) is 2.48. The Kier molecular flexibility index (Phi) is 5.70. The van der Waals surface area contributed by atoms with Crippen molar-refractivity contribution in [3.05, 3.63) is 5.56 Å². The number of rotatable bonds is 7. The molecule has 2 N–H and O–H groups in total. The third kappa shape index (κ3) is 4.48. The molecule has 112 valence electrons. The molecular formula is C13H18N6O2. The van der Waals surface area contributed by atoms with Crippen molar-refractivity contribution in [1.82, 2.24) is 9.97 Å². The van der Waals surface area contributed by atoms with Crippen molar-refractivity contribution in [2.45, 2.75) is 19.4 Å². The topological polar surface area (TPSA) is 116 Å². The SMILES string of the molecule is COCCNc1nc(NC(C)(C)C#N)nc(OC)c1C#N. The van der Waals surface area contributed by atoms with Crippen LogP contribution < -0.4 is 15.4 Å². The summed E-state index contributed by atoms with van der Waals surface area (Å²) in [4.78, 5) is 8.31. The van der Waals surface area contributed by atoms with Gasteiger partial charge < -0.3 is 20.1 Å². The first-order chi connectivity index (χ1) is 9.97. The van der Waals surface area contributed by atoms with Crippen molar-refractivity contribution in [2.24, 2.45) is 0 Å². The highest BCUT2D eigenvalue weighted by molar-refractivity contribution is 5.60. The summed E-state index contributed by atoms with van der Waals surface area (Å²) in [5.41, 5.74) is -0.642. The molecule has 0 aliphatic rings. The summed E-state index contributed by atoms with van der Waals surface area (Å²) in [6, 6.07) is 4.09. The first-order valence-corrected chi connectivity index (χ1v) is 6.25. The van der Waals surface area contributed by atoms with Crippen LogP contribution in [0.25, 0.3) is 0 Å². The van der Waals surface area contributed by atoms with Crippen LogP contribution in [-0.2, 0) is 4.74 Å². The number of aromatic nitrogens is 2. The number of hydrogen-bond acceptors (Lipinski definition) is 8. The molecule has 0 atom stereocenters. The summed E-state index contributed by atoms with van der Waals surface area (Å²) in [6.45, 7) is 4.33. The van der Waals surface area contributed by atoms with E-state index in [4.69, 9.17) is 14.7 Å². The van der Waals surface area contributed by atoms with E-state index in [2.05, 4.69) is 26.7 Å². The fraction of sp³-hybridized carbons (Fsp3) is 0.538. The van der Waals surface area contributed by atoms with Crippen LogP contribution in [0.15, 0.2) is 0 Å². The molecule has 0 aliphatic carbocycles. The minimum atomic E-state index is -0.844. The minimum absolute atomic E-state index is 0.142. The molecule has 8 heteroatoms. The quantitative estimate of drug-likeness (QED) is 0.718. The third-order valence-corrected chi connectivity index (χ3v) is 2.48. The Balaban J connectivity index is 3.15. The number of ether oxygens (including phenoxy) is 2. The van der Waals surface area contributed by atoms with Gasteiger partial charge in [-0.3, -0.25) is 0 Å². The lowest BCUT2D eigenvalue weighted by atomic mass is 10.1. The van der Waals surface area contributed by atoms with E-state index >= 15 is 0 Å². The van der Waals surface area contributed by atoms with E-state index in [1.807, 2.05) is 6.07 Å². The maximum atomic E-state index is 9.20. The highest BCUT2D eigenvalue weighted by atomic mass is 16.5. The number of anilines is 2. The Bertz CT molecular complexity index is 573. The fourth-order valence-corrected chi connectivity index (χ4v) is 1.45. The molecule has 0 radical (unpaired) electrons.